The number of nitrogens with zero attached hydrogens (tertiary/aromatic N) is 1. The van der Waals surface area contributed by atoms with Crippen molar-refractivity contribution in [3.05, 3.63) is 62.2 Å². The van der Waals surface area contributed by atoms with Crippen molar-refractivity contribution in [1.29, 1.82) is 0 Å². The zero-order valence-corrected chi connectivity index (χ0v) is 14.2. The van der Waals surface area contributed by atoms with Crippen LogP contribution in [0.5, 0.6) is 0 Å². The number of amides is 1. The lowest BCUT2D eigenvalue weighted by molar-refractivity contribution is 0.102. The van der Waals surface area contributed by atoms with Crippen LogP contribution in [0.15, 0.2) is 51.7 Å². The topological polar surface area (TPSA) is 51.1 Å². The minimum Gasteiger partial charge on any atom is -0.322 e. The summed E-state index contributed by atoms with van der Waals surface area (Å²) in [6.07, 6.45) is 0. The number of carbonyl (C=O) groups is 1. The third-order valence-corrected chi connectivity index (χ3v) is 4.99. The average Bonchev–Trinajstić information content (AvgIpc) is 2.81. The number of rotatable bonds is 3. The monoisotopic (exact) mass is 376 g/mol. The fraction of sp³-hybridized carbons (Fsp3) is 0.125. The first-order valence-electron chi connectivity index (χ1n) is 6.79. The van der Waals surface area contributed by atoms with Gasteiger partial charge in [-0.25, -0.2) is 0 Å². The van der Waals surface area contributed by atoms with Crippen molar-refractivity contribution < 1.29 is 4.79 Å². The number of hydrogen-bond acceptors (Lipinski definition) is 3. The van der Waals surface area contributed by atoms with Gasteiger partial charge in [-0.05, 0) is 53.2 Å². The molecule has 2 aromatic carbocycles. The van der Waals surface area contributed by atoms with E-state index in [9.17, 15) is 9.59 Å². The van der Waals surface area contributed by atoms with Gasteiger partial charge in [0.1, 0.15) is 0 Å². The third kappa shape index (κ3) is 2.71. The number of benzene rings is 2. The summed E-state index contributed by atoms with van der Waals surface area (Å²) in [7, 11) is 0. The molecule has 0 saturated carbocycles. The van der Waals surface area contributed by atoms with E-state index in [-0.39, 0.29) is 10.8 Å². The van der Waals surface area contributed by atoms with Gasteiger partial charge in [-0.3, -0.25) is 14.2 Å². The number of aromatic nitrogens is 1. The summed E-state index contributed by atoms with van der Waals surface area (Å²) in [6.45, 7) is 2.58. The Kier molecular flexibility index (Phi) is 4.13. The van der Waals surface area contributed by atoms with Gasteiger partial charge >= 0.3 is 4.87 Å². The lowest BCUT2D eigenvalue weighted by atomic mass is 10.2. The molecule has 0 atom stereocenters. The van der Waals surface area contributed by atoms with E-state index in [1.54, 1.807) is 10.6 Å². The van der Waals surface area contributed by atoms with Crippen molar-refractivity contribution in [2.45, 2.75) is 13.5 Å². The fourth-order valence-corrected chi connectivity index (χ4v) is 3.75. The second kappa shape index (κ2) is 6.06. The molecule has 0 fully saturated rings. The van der Waals surface area contributed by atoms with E-state index in [4.69, 9.17) is 0 Å². The number of hydrogen-bond donors (Lipinski definition) is 1. The number of thiazole rings is 1. The first-order valence-corrected chi connectivity index (χ1v) is 8.40. The van der Waals surface area contributed by atoms with Gasteiger partial charge in [0.2, 0.25) is 0 Å². The summed E-state index contributed by atoms with van der Waals surface area (Å²) in [5, 5.41) is 2.86. The highest BCUT2D eigenvalue weighted by Crippen LogP contribution is 2.23. The van der Waals surface area contributed by atoms with E-state index < -0.39 is 0 Å². The molecule has 1 aromatic heterocycles. The fourth-order valence-electron chi connectivity index (χ4n) is 2.29. The molecule has 3 rings (SSSR count). The second-order valence-electron chi connectivity index (χ2n) is 4.73. The molecule has 1 N–H and O–H groups in total. The number of fused-ring (bicyclic) bond motifs is 1. The van der Waals surface area contributed by atoms with Crippen LogP contribution in [0, 0.1) is 0 Å². The zero-order chi connectivity index (χ0) is 15.7. The Balaban J connectivity index is 1.93. The van der Waals surface area contributed by atoms with Crippen LogP contribution in [0.4, 0.5) is 5.69 Å². The lowest BCUT2D eigenvalue weighted by Gasteiger charge is -2.07. The standard InChI is InChI=1S/C16H13BrN2O2S/c1-2-19-13-8-7-10(9-14(13)22-16(19)21)18-15(20)11-5-3-4-6-12(11)17/h3-9H,2H2,1H3,(H,18,20). The molecule has 0 spiro atoms. The predicted molar refractivity (Wildman–Crippen MR) is 93.9 cm³/mol. The van der Waals surface area contributed by atoms with Crippen LogP contribution in [0.3, 0.4) is 0 Å². The van der Waals surface area contributed by atoms with Crippen LogP contribution in [0.25, 0.3) is 10.2 Å². The molecule has 0 bridgehead atoms. The SMILES string of the molecule is CCn1c(=O)sc2cc(NC(=O)c3ccccc3Br)ccc21. The summed E-state index contributed by atoms with van der Waals surface area (Å²) >= 11 is 4.56. The summed E-state index contributed by atoms with van der Waals surface area (Å²) < 4.78 is 3.34. The van der Waals surface area contributed by atoms with Crippen LogP contribution in [-0.2, 0) is 6.54 Å². The highest BCUT2D eigenvalue weighted by molar-refractivity contribution is 9.10. The number of halogens is 1. The molecule has 112 valence electrons. The molecular weight excluding hydrogens is 364 g/mol. The van der Waals surface area contributed by atoms with E-state index >= 15 is 0 Å². The summed E-state index contributed by atoms with van der Waals surface area (Å²) in [5.74, 6) is -0.186. The number of carbonyl (C=O) groups excluding carboxylic acids is 1. The number of nitrogens with one attached hydrogen (secondary N) is 1. The van der Waals surface area contributed by atoms with E-state index in [0.29, 0.717) is 17.8 Å². The minimum atomic E-state index is -0.186. The Morgan fingerprint density at radius 3 is 2.77 bits per heavy atom. The molecule has 3 aromatic rings. The van der Waals surface area contributed by atoms with Crippen LogP contribution >= 0.6 is 27.3 Å². The average molecular weight is 377 g/mol. The van der Waals surface area contributed by atoms with E-state index in [2.05, 4.69) is 21.2 Å². The van der Waals surface area contributed by atoms with Crippen molar-refractivity contribution >= 4 is 49.1 Å². The maximum absolute atomic E-state index is 12.3. The molecule has 6 heteroatoms. The summed E-state index contributed by atoms with van der Waals surface area (Å²) in [6, 6.07) is 12.8. The van der Waals surface area contributed by atoms with Crippen LogP contribution < -0.4 is 10.2 Å². The number of aryl methyl sites for hydroxylation is 1. The number of anilines is 1. The molecule has 1 heterocycles. The second-order valence-corrected chi connectivity index (χ2v) is 6.58. The van der Waals surface area contributed by atoms with Gasteiger partial charge in [-0.15, -0.1) is 0 Å². The van der Waals surface area contributed by atoms with Gasteiger partial charge < -0.3 is 5.32 Å². The molecule has 0 unspecified atom stereocenters. The van der Waals surface area contributed by atoms with Crippen molar-refractivity contribution in [3.8, 4) is 0 Å². The van der Waals surface area contributed by atoms with Crippen LogP contribution in [-0.4, -0.2) is 10.5 Å². The molecule has 0 radical (unpaired) electrons. The molecular formula is C16H13BrN2O2S. The molecule has 0 saturated heterocycles. The van der Waals surface area contributed by atoms with Crippen molar-refractivity contribution in [3.63, 3.8) is 0 Å². The normalized spacial score (nSPS) is 10.8. The Morgan fingerprint density at radius 1 is 1.27 bits per heavy atom. The third-order valence-electron chi connectivity index (χ3n) is 3.36. The van der Waals surface area contributed by atoms with Crippen LogP contribution in [0.2, 0.25) is 0 Å². The Bertz CT molecular complexity index is 914. The molecule has 0 aliphatic carbocycles. The van der Waals surface area contributed by atoms with Crippen molar-refractivity contribution in [2.24, 2.45) is 0 Å². The predicted octanol–water partition coefficient (Wildman–Crippen LogP) is 4.10. The van der Waals surface area contributed by atoms with Gasteiger partial charge in [0.15, 0.2) is 0 Å². The lowest BCUT2D eigenvalue weighted by Crippen LogP contribution is -2.12. The summed E-state index contributed by atoms with van der Waals surface area (Å²) in [5.41, 5.74) is 2.15. The van der Waals surface area contributed by atoms with E-state index in [1.807, 2.05) is 43.3 Å². The maximum Gasteiger partial charge on any atom is 0.308 e. The highest BCUT2D eigenvalue weighted by Gasteiger charge is 2.11. The van der Waals surface area contributed by atoms with Crippen molar-refractivity contribution in [1.82, 2.24) is 4.57 Å². The van der Waals surface area contributed by atoms with E-state index in [0.717, 1.165) is 14.7 Å². The quantitative estimate of drug-likeness (QED) is 0.747. The first kappa shape index (κ1) is 15.0. The maximum atomic E-state index is 12.3. The molecule has 0 aliphatic heterocycles. The van der Waals surface area contributed by atoms with Crippen molar-refractivity contribution in [2.75, 3.05) is 5.32 Å². The molecule has 0 aliphatic rings. The largest absolute Gasteiger partial charge is 0.322 e. The Morgan fingerprint density at radius 2 is 2.05 bits per heavy atom. The van der Waals surface area contributed by atoms with E-state index in [1.165, 1.54) is 11.3 Å². The molecule has 4 nitrogen and oxygen atoms in total. The smallest absolute Gasteiger partial charge is 0.308 e. The van der Waals surface area contributed by atoms with Gasteiger partial charge in [0.05, 0.1) is 15.8 Å². The first-order chi connectivity index (χ1) is 10.6. The van der Waals surface area contributed by atoms with Gasteiger partial charge in [0, 0.05) is 16.7 Å². The highest BCUT2D eigenvalue weighted by atomic mass is 79.9. The zero-order valence-electron chi connectivity index (χ0n) is 11.8. The Labute approximate surface area is 139 Å². The Hall–Kier alpha value is -1.92. The van der Waals surface area contributed by atoms with Gasteiger partial charge in [-0.2, -0.15) is 0 Å². The molecule has 22 heavy (non-hydrogen) atoms. The molecule has 1 amide bonds. The minimum absolute atomic E-state index is 0.0202. The van der Waals surface area contributed by atoms with Crippen LogP contribution in [0.1, 0.15) is 17.3 Å². The van der Waals surface area contributed by atoms with Gasteiger partial charge in [-0.1, -0.05) is 23.5 Å². The summed E-state index contributed by atoms with van der Waals surface area (Å²) in [4.78, 5) is 24.2. The van der Waals surface area contributed by atoms with Gasteiger partial charge in [0.25, 0.3) is 5.91 Å².